The summed E-state index contributed by atoms with van der Waals surface area (Å²) in [5, 5.41) is 10.1. The number of nitrogens with one attached hydrogen (secondary N) is 1. The Bertz CT molecular complexity index is 519. The lowest BCUT2D eigenvalue weighted by molar-refractivity contribution is -0.118. The molecule has 1 aromatic carbocycles. The molecule has 0 aliphatic rings. The number of aromatic amines is 1. The minimum atomic E-state index is -0.339. The molecule has 0 fully saturated rings. The first-order chi connectivity index (χ1) is 8.22. The lowest BCUT2D eigenvalue weighted by Crippen LogP contribution is -2.16. The van der Waals surface area contributed by atoms with Crippen LogP contribution in [0.4, 0.5) is 0 Å². The summed E-state index contributed by atoms with van der Waals surface area (Å²) in [5.41, 5.74) is 7.33. The van der Waals surface area contributed by atoms with Crippen LogP contribution in [0.2, 0.25) is 0 Å². The van der Waals surface area contributed by atoms with E-state index >= 15 is 0 Å². The predicted octanol–water partition coefficient (Wildman–Crippen LogP) is 1.51. The van der Waals surface area contributed by atoms with E-state index in [1.807, 2.05) is 30.5 Å². The number of fused-ring (bicyclic) bond motifs is 1. The summed E-state index contributed by atoms with van der Waals surface area (Å²) in [7, 11) is 0. The van der Waals surface area contributed by atoms with Gasteiger partial charge in [-0.3, -0.25) is 4.79 Å². The summed E-state index contributed by atoms with van der Waals surface area (Å²) < 4.78 is 0. The van der Waals surface area contributed by atoms with Gasteiger partial charge in [0.15, 0.2) is 0 Å². The van der Waals surface area contributed by atoms with Crippen molar-refractivity contribution in [2.75, 3.05) is 6.61 Å². The van der Waals surface area contributed by atoms with Gasteiger partial charge < -0.3 is 15.8 Å². The number of carbonyl (C=O) groups is 1. The topological polar surface area (TPSA) is 79.1 Å². The zero-order valence-corrected chi connectivity index (χ0v) is 9.52. The molecule has 17 heavy (non-hydrogen) atoms. The molecule has 0 radical (unpaired) electrons. The summed E-state index contributed by atoms with van der Waals surface area (Å²) in [5.74, 6) is -0.359. The van der Waals surface area contributed by atoms with Gasteiger partial charge in [-0.05, 0) is 24.0 Å². The minimum Gasteiger partial charge on any atom is -0.396 e. The Hall–Kier alpha value is -1.81. The molecule has 1 heterocycles. The van der Waals surface area contributed by atoms with Crippen molar-refractivity contribution < 1.29 is 9.90 Å². The molecule has 4 nitrogen and oxygen atoms in total. The van der Waals surface area contributed by atoms with Crippen LogP contribution >= 0.6 is 0 Å². The van der Waals surface area contributed by atoms with Crippen LogP contribution in [0, 0.1) is 0 Å². The van der Waals surface area contributed by atoms with Crippen molar-refractivity contribution in [2.45, 2.75) is 18.8 Å². The normalized spacial score (nSPS) is 12.8. The third-order valence-electron chi connectivity index (χ3n) is 2.99. The highest BCUT2D eigenvalue weighted by Crippen LogP contribution is 2.29. The van der Waals surface area contributed by atoms with Crippen LogP contribution in [-0.4, -0.2) is 22.6 Å². The molecule has 0 aliphatic heterocycles. The van der Waals surface area contributed by atoms with Gasteiger partial charge in [0, 0.05) is 30.1 Å². The Kier molecular flexibility index (Phi) is 3.44. The van der Waals surface area contributed by atoms with Gasteiger partial charge in [-0.15, -0.1) is 0 Å². The molecule has 1 aromatic heterocycles. The van der Waals surface area contributed by atoms with Crippen molar-refractivity contribution in [3.05, 3.63) is 36.0 Å². The fourth-order valence-corrected chi connectivity index (χ4v) is 2.20. The molecular formula is C13H16N2O2. The summed E-state index contributed by atoms with van der Waals surface area (Å²) in [4.78, 5) is 14.2. The van der Waals surface area contributed by atoms with E-state index in [9.17, 15) is 4.79 Å². The second kappa shape index (κ2) is 5.01. The van der Waals surface area contributed by atoms with Crippen molar-refractivity contribution in [2.24, 2.45) is 5.73 Å². The van der Waals surface area contributed by atoms with Gasteiger partial charge >= 0.3 is 0 Å². The maximum Gasteiger partial charge on any atom is 0.218 e. The number of hydrogen-bond acceptors (Lipinski definition) is 2. The summed E-state index contributed by atoms with van der Waals surface area (Å²) >= 11 is 0. The Morgan fingerprint density at radius 3 is 2.88 bits per heavy atom. The van der Waals surface area contributed by atoms with Crippen molar-refractivity contribution >= 4 is 16.8 Å². The second-order valence-corrected chi connectivity index (χ2v) is 4.17. The van der Waals surface area contributed by atoms with E-state index in [-0.39, 0.29) is 24.9 Å². The second-order valence-electron chi connectivity index (χ2n) is 4.17. The number of nitrogens with two attached hydrogens (primary N) is 1. The van der Waals surface area contributed by atoms with Gasteiger partial charge in [0.2, 0.25) is 5.91 Å². The minimum absolute atomic E-state index is 0.0198. The molecule has 0 aliphatic carbocycles. The number of amides is 1. The Morgan fingerprint density at radius 2 is 2.18 bits per heavy atom. The van der Waals surface area contributed by atoms with Gasteiger partial charge in [-0.2, -0.15) is 0 Å². The first-order valence-electron chi connectivity index (χ1n) is 5.67. The van der Waals surface area contributed by atoms with Crippen LogP contribution in [0.15, 0.2) is 30.5 Å². The van der Waals surface area contributed by atoms with Gasteiger partial charge in [-0.25, -0.2) is 0 Å². The lowest BCUT2D eigenvalue weighted by atomic mass is 9.92. The molecule has 0 saturated carbocycles. The summed E-state index contributed by atoms with van der Waals surface area (Å²) in [6.07, 6.45) is 2.71. The molecule has 4 N–H and O–H groups in total. The van der Waals surface area contributed by atoms with Gasteiger partial charge in [-0.1, -0.05) is 18.2 Å². The molecule has 1 amide bonds. The number of primary amides is 1. The summed E-state index contributed by atoms with van der Waals surface area (Å²) in [6, 6.07) is 7.91. The maximum atomic E-state index is 11.0. The van der Waals surface area contributed by atoms with Crippen LogP contribution in [0.5, 0.6) is 0 Å². The number of H-pyrrole nitrogens is 1. The van der Waals surface area contributed by atoms with Crippen LogP contribution < -0.4 is 5.73 Å². The zero-order chi connectivity index (χ0) is 12.3. The molecule has 0 unspecified atom stereocenters. The average molecular weight is 232 g/mol. The molecule has 2 rings (SSSR count). The monoisotopic (exact) mass is 232 g/mol. The number of carbonyl (C=O) groups excluding carboxylic acids is 1. The van der Waals surface area contributed by atoms with E-state index in [1.165, 1.54) is 0 Å². The third kappa shape index (κ3) is 2.47. The van der Waals surface area contributed by atoms with E-state index in [4.69, 9.17) is 10.8 Å². The number of hydrogen-bond donors (Lipinski definition) is 3. The molecule has 2 aromatic rings. The third-order valence-corrected chi connectivity index (χ3v) is 2.99. The number of aliphatic hydroxyl groups is 1. The smallest absolute Gasteiger partial charge is 0.218 e. The number of para-hydroxylation sites is 1. The van der Waals surface area contributed by atoms with Crippen LogP contribution in [0.1, 0.15) is 24.3 Å². The van der Waals surface area contributed by atoms with Crippen LogP contribution in [-0.2, 0) is 4.79 Å². The van der Waals surface area contributed by atoms with Crippen LogP contribution in [0.25, 0.3) is 10.9 Å². The fraction of sp³-hybridized carbons (Fsp3) is 0.308. The van der Waals surface area contributed by atoms with Crippen LogP contribution in [0.3, 0.4) is 0 Å². The van der Waals surface area contributed by atoms with Gasteiger partial charge in [0.05, 0.1) is 0 Å². The number of rotatable bonds is 5. The largest absolute Gasteiger partial charge is 0.396 e. The predicted molar refractivity (Wildman–Crippen MR) is 66.6 cm³/mol. The highest BCUT2D eigenvalue weighted by Gasteiger charge is 2.17. The highest BCUT2D eigenvalue weighted by atomic mass is 16.3. The first-order valence-corrected chi connectivity index (χ1v) is 5.67. The van der Waals surface area contributed by atoms with Crippen molar-refractivity contribution in [3.8, 4) is 0 Å². The highest BCUT2D eigenvalue weighted by molar-refractivity contribution is 5.84. The van der Waals surface area contributed by atoms with Gasteiger partial charge in [0.1, 0.15) is 0 Å². The molecule has 4 heteroatoms. The molecule has 90 valence electrons. The average Bonchev–Trinajstić information content (AvgIpc) is 2.71. The molecule has 0 spiro atoms. The maximum absolute atomic E-state index is 11.0. The summed E-state index contributed by atoms with van der Waals surface area (Å²) in [6.45, 7) is 0.0530. The van der Waals surface area contributed by atoms with E-state index in [0.717, 1.165) is 16.5 Å². The molecule has 1 atom stereocenters. The van der Waals surface area contributed by atoms with Crippen molar-refractivity contribution in [1.82, 2.24) is 4.98 Å². The van der Waals surface area contributed by atoms with E-state index in [0.29, 0.717) is 6.42 Å². The number of aliphatic hydroxyl groups excluding tert-OH is 1. The molecule has 0 saturated heterocycles. The van der Waals surface area contributed by atoms with E-state index in [2.05, 4.69) is 4.98 Å². The first kappa shape index (κ1) is 11.7. The number of aromatic nitrogens is 1. The Morgan fingerprint density at radius 1 is 1.41 bits per heavy atom. The van der Waals surface area contributed by atoms with Crippen molar-refractivity contribution in [1.29, 1.82) is 0 Å². The SMILES string of the molecule is NC(=O)C[C@@H](CCO)c1c[nH]c2ccccc12. The van der Waals surface area contributed by atoms with E-state index < -0.39 is 0 Å². The molecular weight excluding hydrogens is 216 g/mol. The Labute approximate surface area is 99.4 Å². The lowest BCUT2D eigenvalue weighted by Gasteiger charge is -2.13. The fourth-order valence-electron chi connectivity index (χ4n) is 2.20. The van der Waals surface area contributed by atoms with E-state index in [1.54, 1.807) is 0 Å². The quantitative estimate of drug-likeness (QED) is 0.730. The van der Waals surface area contributed by atoms with Crippen molar-refractivity contribution in [3.63, 3.8) is 0 Å². The molecule has 0 bridgehead atoms. The van der Waals surface area contributed by atoms with Gasteiger partial charge in [0.25, 0.3) is 0 Å². The number of benzene rings is 1. The zero-order valence-electron chi connectivity index (χ0n) is 9.52. The standard InChI is InChI=1S/C13H16N2O2/c14-13(17)7-9(5-6-16)11-8-15-12-4-2-1-3-10(11)12/h1-4,8-9,15-16H,5-7H2,(H2,14,17)/t9-/m1/s1. The Balaban J connectivity index is 2.37.